The summed E-state index contributed by atoms with van der Waals surface area (Å²) in [4.78, 5) is 12.3. The van der Waals surface area contributed by atoms with Crippen LogP contribution in [0.1, 0.15) is 168 Å². The first-order chi connectivity index (χ1) is 18.7. The maximum Gasteiger partial charge on any atom is 0.220 e. The molecule has 0 aromatic carbocycles. The number of unbranched alkanes of at least 4 members (excludes halogenated alkanes) is 18. The van der Waals surface area contributed by atoms with Crippen molar-refractivity contribution in [1.82, 2.24) is 5.32 Å². The fourth-order valence-corrected chi connectivity index (χ4v) is 4.82. The molecule has 0 fully saturated rings. The van der Waals surface area contributed by atoms with Crippen LogP contribution in [0.25, 0.3) is 0 Å². The third kappa shape index (κ3) is 26.5. The number of allylic oxidation sites excluding steroid dienone is 4. The summed E-state index contributed by atoms with van der Waals surface area (Å²) in [6.45, 7) is 4.28. The van der Waals surface area contributed by atoms with Gasteiger partial charge in [0.25, 0.3) is 0 Å². The number of carbonyl (C=O) groups excluding carboxylic acids is 1. The summed E-state index contributed by atoms with van der Waals surface area (Å²) in [6, 6.07) is -0.549. The first-order valence-electron chi connectivity index (χ1n) is 16.5. The molecule has 0 aliphatic carbocycles. The second kappa shape index (κ2) is 30.4. The molecular weight excluding hydrogens is 470 g/mol. The van der Waals surface area contributed by atoms with Gasteiger partial charge in [-0.2, -0.15) is 0 Å². The fourth-order valence-electron chi connectivity index (χ4n) is 4.82. The fraction of sp³-hybridized carbons (Fsp3) is 0.853. The normalized spacial score (nSPS) is 13.5. The average molecular weight is 536 g/mol. The molecule has 4 heteroatoms. The molecule has 0 rings (SSSR count). The van der Waals surface area contributed by atoms with Crippen molar-refractivity contribution >= 4 is 5.91 Å². The number of aliphatic hydroxyl groups excluding tert-OH is 2. The van der Waals surface area contributed by atoms with Crippen molar-refractivity contribution in [3.63, 3.8) is 0 Å². The summed E-state index contributed by atoms with van der Waals surface area (Å²) >= 11 is 0. The predicted octanol–water partition coefficient (Wildman–Crippen LogP) is 9.34. The van der Waals surface area contributed by atoms with Crippen LogP contribution in [0.5, 0.6) is 0 Å². The van der Waals surface area contributed by atoms with Crippen LogP contribution in [0.2, 0.25) is 0 Å². The number of hydrogen-bond acceptors (Lipinski definition) is 3. The van der Waals surface area contributed by atoms with Gasteiger partial charge in [0.05, 0.1) is 18.8 Å². The van der Waals surface area contributed by atoms with Crippen LogP contribution >= 0.6 is 0 Å². The van der Waals surface area contributed by atoms with Crippen molar-refractivity contribution in [3.8, 4) is 0 Å². The van der Waals surface area contributed by atoms with Crippen molar-refractivity contribution in [3.05, 3.63) is 24.3 Å². The number of hydrogen-bond donors (Lipinski definition) is 3. The molecule has 0 spiro atoms. The Morgan fingerprint density at radius 3 is 1.50 bits per heavy atom. The van der Waals surface area contributed by atoms with Gasteiger partial charge in [-0.25, -0.2) is 0 Å². The molecule has 0 aromatic heterocycles. The van der Waals surface area contributed by atoms with Gasteiger partial charge in [-0.1, -0.05) is 122 Å². The predicted molar refractivity (Wildman–Crippen MR) is 165 cm³/mol. The standard InChI is InChI=1S/C34H65NO3/c1-3-5-7-9-11-13-14-15-16-17-18-19-20-22-24-26-28-30-34(38)35-32(31-36)33(37)29-27-25-23-21-12-10-8-6-4-2/h12,15-16,21,32-33,36-37H,3-11,13-14,17-20,22-31H2,1-2H3,(H,35,38)/b16-15+,21-12+/t32-,33+/m0/s1. The third-order valence-electron chi connectivity index (χ3n) is 7.43. The highest BCUT2D eigenvalue weighted by molar-refractivity contribution is 5.76. The number of amides is 1. The number of carbonyl (C=O) groups is 1. The highest BCUT2D eigenvalue weighted by atomic mass is 16.3. The Morgan fingerprint density at radius 2 is 1.00 bits per heavy atom. The van der Waals surface area contributed by atoms with E-state index in [1.54, 1.807) is 0 Å². The zero-order valence-corrected chi connectivity index (χ0v) is 25.4. The third-order valence-corrected chi connectivity index (χ3v) is 7.43. The molecule has 0 bridgehead atoms. The van der Waals surface area contributed by atoms with E-state index in [9.17, 15) is 15.0 Å². The second-order valence-corrected chi connectivity index (χ2v) is 11.2. The minimum absolute atomic E-state index is 0.0501. The quantitative estimate of drug-likeness (QED) is 0.0660. The lowest BCUT2D eigenvalue weighted by molar-refractivity contribution is -0.123. The van der Waals surface area contributed by atoms with Crippen molar-refractivity contribution in [2.75, 3.05) is 6.61 Å². The molecular formula is C34H65NO3. The number of rotatable bonds is 29. The second-order valence-electron chi connectivity index (χ2n) is 11.2. The smallest absolute Gasteiger partial charge is 0.220 e. The van der Waals surface area contributed by atoms with E-state index >= 15 is 0 Å². The van der Waals surface area contributed by atoms with Crippen molar-refractivity contribution in [2.24, 2.45) is 0 Å². The Morgan fingerprint density at radius 1 is 0.605 bits per heavy atom. The van der Waals surface area contributed by atoms with Crippen LogP contribution < -0.4 is 5.32 Å². The SMILES string of the molecule is CCCCC/C=C/CCCC[C@@H](O)[C@H](CO)NC(=O)CCCCCCCCC/C=C/CCCCCCCC. The monoisotopic (exact) mass is 535 g/mol. The molecule has 224 valence electrons. The molecule has 0 heterocycles. The Labute approximate surface area is 237 Å². The van der Waals surface area contributed by atoms with E-state index in [1.807, 2.05) is 0 Å². The van der Waals surface area contributed by atoms with Crippen LogP contribution in [0.15, 0.2) is 24.3 Å². The molecule has 1 amide bonds. The van der Waals surface area contributed by atoms with Gasteiger partial charge in [-0.3, -0.25) is 4.79 Å². The molecule has 2 atom stereocenters. The van der Waals surface area contributed by atoms with Gasteiger partial charge in [0, 0.05) is 6.42 Å². The molecule has 0 unspecified atom stereocenters. The van der Waals surface area contributed by atoms with E-state index in [4.69, 9.17) is 0 Å². The zero-order chi connectivity index (χ0) is 27.9. The molecule has 0 radical (unpaired) electrons. The molecule has 3 N–H and O–H groups in total. The first kappa shape index (κ1) is 36.9. The van der Waals surface area contributed by atoms with Gasteiger partial charge in [-0.15, -0.1) is 0 Å². The Hall–Kier alpha value is -1.13. The molecule has 4 nitrogen and oxygen atoms in total. The molecule has 0 aliphatic rings. The number of aliphatic hydroxyl groups is 2. The van der Waals surface area contributed by atoms with E-state index in [0.29, 0.717) is 12.8 Å². The summed E-state index contributed by atoms with van der Waals surface area (Å²) in [7, 11) is 0. The van der Waals surface area contributed by atoms with Crippen LogP contribution in [-0.4, -0.2) is 34.9 Å². The number of nitrogens with one attached hydrogen (secondary N) is 1. The van der Waals surface area contributed by atoms with Crippen molar-refractivity contribution < 1.29 is 15.0 Å². The van der Waals surface area contributed by atoms with Gasteiger partial charge >= 0.3 is 0 Å². The Balaban J connectivity index is 3.60. The van der Waals surface area contributed by atoms with Gasteiger partial charge in [0.2, 0.25) is 5.91 Å². The summed E-state index contributed by atoms with van der Waals surface area (Å²) in [5.74, 6) is -0.0501. The van der Waals surface area contributed by atoms with Crippen LogP contribution in [-0.2, 0) is 4.79 Å². The Bertz CT molecular complexity index is 546. The van der Waals surface area contributed by atoms with Crippen molar-refractivity contribution in [2.45, 2.75) is 180 Å². The van der Waals surface area contributed by atoms with Crippen LogP contribution in [0.3, 0.4) is 0 Å². The summed E-state index contributed by atoms with van der Waals surface area (Å²) in [5, 5.41) is 22.8. The van der Waals surface area contributed by atoms with E-state index in [2.05, 4.69) is 43.5 Å². The molecule has 38 heavy (non-hydrogen) atoms. The molecule has 0 aliphatic heterocycles. The lowest BCUT2D eigenvalue weighted by Gasteiger charge is -2.22. The van der Waals surface area contributed by atoms with Crippen LogP contribution in [0.4, 0.5) is 0 Å². The van der Waals surface area contributed by atoms with Crippen molar-refractivity contribution in [1.29, 1.82) is 0 Å². The topological polar surface area (TPSA) is 69.6 Å². The van der Waals surface area contributed by atoms with Gasteiger partial charge in [-0.05, 0) is 64.2 Å². The van der Waals surface area contributed by atoms with Gasteiger partial charge < -0.3 is 15.5 Å². The van der Waals surface area contributed by atoms with Crippen LogP contribution in [0, 0.1) is 0 Å². The molecule has 0 aromatic rings. The molecule has 0 saturated heterocycles. The van der Waals surface area contributed by atoms with E-state index in [1.165, 1.54) is 103 Å². The van der Waals surface area contributed by atoms with Gasteiger partial charge in [0.15, 0.2) is 0 Å². The first-order valence-corrected chi connectivity index (χ1v) is 16.5. The van der Waals surface area contributed by atoms with E-state index in [-0.39, 0.29) is 12.5 Å². The van der Waals surface area contributed by atoms with E-state index < -0.39 is 12.1 Å². The molecule has 0 saturated carbocycles. The maximum atomic E-state index is 12.3. The minimum atomic E-state index is -0.678. The lowest BCUT2D eigenvalue weighted by atomic mass is 10.0. The summed E-state index contributed by atoms with van der Waals surface area (Å²) in [6.07, 6.45) is 36.6. The largest absolute Gasteiger partial charge is 0.394 e. The average Bonchev–Trinajstić information content (AvgIpc) is 2.92. The van der Waals surface area contributed by atoms with Gasteiger partial charge in [0.1, 0.15) is 0 Å². The lowest BCUT2D eigenvalue weighted by Crippen LogP contribution is -2.45. The summed E-state index contributed by atoms with van der Waals surface area (Å²) < 4.78 is 0. The zero-order valence-electron chi connectivity index (χ0n) is 25.4. The highest BCUT2D eigenvalue weighted by Crippen LogP contribution is 2.12. The minimum Gasteiger partial charge on any atom is -0.394 e. The highest BCUT2D eigenvalue weighted by Gasteiger charge is 2.19. The maximum absolute atomic E-state index is 12.3. The summed E-state index contributed by atoms with van der Waals surface area (Å²) in [5.41, 5.74) is 0. The van der Waals surface area contributed by atoms with E-state index in [0.717, 1.165) is 38.5 Å². The Kier molecular flexibility index (Phi) is 29.5.